The lowest BCUT2D eigenvalue weighted by atomic mass is 10.1. The molecule has 21 heavy (non-hydrogen) atoms. The molecule has 1 heterocycles. The fourth-order valence-corrected chi connectivity index (χ4v) is 2.53. The average Bonchev–Trinajstić information content (AvgIpc) is 2.92. The maximum atomic E-state index is 11.2. The molecule has 0 aliphatic rings. The van der Waals surface area contributed by atoms with E-state index in [9.17, 15) is 9.90 Å². The van der Waals surface area contributed by atoms with Crippen LogP contribution >= 0.6 is 0 Å². The van der Waals surface area contributed by atoms with Crippen molar-refractivity contribution in [2.45, 2.75) is 19.8 Å². The van der Waals surface area contributed by atoms with Crippen molar-refractivity contribution in [3.8, 4) is 5.69 Å². The second-order valence-electron chi connectivity index (χ2n) is 5.01. The van der Waals surface area contributed by atoms with Crippen molar-refractivity contribution in [1.82, 2.24) is 9.55 Å². The zero-order chi connectivity index (χ0) is 14.8. The van der Waals surface area contributed by atoms with Crippen molar-refractivity contribution in [2.24, 2.45) is 0 Å². The van der Waals surface area contributed by atoms with Crippen LogP contribution < -0.4 is 0 Å². The van der Waals surface area contributed by atoms with Gasteiger partial charge < -0.3 is 5.11 Å². The minimum absolute atomic E-state index is 0.230. The maximum absolute atomic E-state index is 11.2. The topological polar surface area (TPSA) is 55.1 Å². The fourth-order valence-electron chi connectivity index (χ4n) is 2.53. The van der Waals surface area contributed by atoms with Crippen LogP contribution in [0.1, 0.15) is 29.3 Å². The van der Waals surface area contributed by atoms with Crippen molar-refractivity contribution in [1.29, 1.82) is 0 Å². The Kier molecular flexibility index (Phi) is 3.44. The molecule has 0 atom stereocenters. The number of carboxylic acid groups (broad SMARTS) is 1. The van der Waals surface area contributed by atoms with E-state index in [0.29, 0.717) is 5.52 Å². The van der Waals surface area contributed by atoms with E-state index in [1.165, 1.54) is 5.56 Å². The number of aryl methyl sites for hydroxylation is 1. The third-order valence-electron chi connectivity index (χ3n) is 3.56. The smallest absolute Gasteiger partial charge is 0.337 e. The third-order valence-corrected chi connectivity index (χ3v) is 3.56. The molecular weight excluding hydrogens is 264 g/mol. The normalized spacial score (nSPS) is 10.9. The number of nitrogens with zero attached hydrogens (tertiary/aromatic N) is 2. The largest absolute Gasteiger partial charge is 0.478 e. The Hall–Kier alpha value is -2.62. The number of hydrogen-bond acceptors (Lipinski definition) is 2. The number of rotatable bonds is 4. The summed E-state index contributed by atoms with van der Waals surface area (Å²) in [6.07, 6.45) is 3.86. The Morgan fingerprint density at radius 2 is 1.95 bits per heavy atom. The molecule has 1 N–H and O–H groups in total. The summed E-state index contributed by atoms with van der Waals surface area (Å²) in [6.45, 7) is 2.16. The van der Waals surface area contributed by atoms with Crippen molar-refractivity contribution in [3.05, 3.63) is 59.9 Å². The number of aromatic nitrogens is 2. The Morgan fingerprint density at radius 1 is 1.19 bits per heavy atom. The highest BCUT2D eigenvalue weighted by Gasteiger charge is 2.12. The Morgan fingerprint density at radius 3 is 2.62 bits per heavy atom. The van der Waals surface area contributed by atoms with Crippen LogP contribution in [-0.2, 0) is 6.42 Å². The van der Waals surface area contributed by atoms with Gasteiger partial charge in [0.2, 0.25) is 0 Å². The zero-order valence-corrected chi connectivity index (χ0v) is 11.8. The number of carboxylic acids is 1. The van der Waals surface area contributed by atoms with Gasteiger partial charge in [0, 0.05) is 5.69 Å². The maximum Gasteiger partial charge on any atom is 0.337 e. The van der Waals surface area contributed by atoms with E-state index in [0.717, 1.165) is 24.0 Å². The van der Waals surface area contributed by atoms with Gasteiger partial charge in [0.1, 0.15) is 11.8 Å². The first kappa shape index (κ1) is 13.4. The van der Waals surface area contributed by atoms with Crippen molar-refractivity contribution in [3.63, 3.8) is 0 Å². The fraction of sp³-hybridized carbons (Fsp3) is 0.176. The second-order valence-corrected chi connectivity index (χ2v) is 5.01. The van der Waals surface area contributed by atoms with E-state index >= 15 is 0 Å². The molecule has 0 aliphatic heterocycles. The van der Waals surface area contributed by atoms with Crippen molar-refractivity contribution >= 4 is 17.0 Å². The summed E-state index contributed by atoms with van der Waals surface area (Å²) >= 11 is 0. The molecule has 106 valence electrons. The molecule has 3 rings (SSSR count). The number of aromatic carboxylic acids is 1. The molecule has 0 saturated carbocycles. The van der Waals surface area contributed by atoms with E-state index in [1.807, 2.05) is 22.8 Å². The minimum Gasteiger partial charge on any atom is -0.478 e. The predicted molar refractivity (Wildman–Crippen MR) is 82.0 cm³/mol. The second kappa shape index (κ2) is 5.40. The van der Waals surface area contributed by atoms with Crippen LogP contribution in [0.15, 0.2) is 48.8 Å². The van der Waals surface area contributed by atoms with Crippen LogP contribution in [0.25, 0.3) is 16.7 Å². The highest BCUT2D eigenvalue weighted by atomic mass is 16.4. The van der Waals surface area contributed by atoms with Gasteiger partial charge in [0.15, 0.2) is 0 Å². The van der Waals surface area contributed by atoms with Gasteiger partial charge in [-0.2, -0.15) is 0 Å². The first-order valence-electron chi connectivity index (χ1n) is 6.99. The summed E-state index contributed by atoms with van der Waals surface area (Å²) in [7, 11) is 0. The van der Waals surface area contributed by atoms with Gasteiger partial charge in [-0.05, 0) is 36.2 Å². The highest BCUT2D eigenvalue weighted by Crippen LogP contribution is 2.21. The summed E-state index contributed by atoms with van der Waals surface area (Å²) in [5.41, 5.74) is 3.84. The lowest BCUT2D eigenvalue weighted by Gasteiger charge is -2.06. The van der Waals surface area contributed by atoms with E-state index in [2.05, 4.69) is 24.0 Å². The number of hydrogen-bond donors (Lipinski definition) is 1. The van der Waals surface area contributed by atoms with E-state index in [4.69, 9.17) is 0 Å². The van der Waals surface area contributed by atoms with Crippen LogP contribution in [0.3, 0.4) is 0 Å². The zero-order valence-electron chi connectivity index (χ0n) is 11.8. The Balaban J connectivity index is 2.08. The number of para-hydroxylation sites is 1. The third kappa shape index (κ3) is 2.40. The van der Waals surface area contributed by atoms with Gasteiger partial charge in [-0.15, -0.1) is 0 Å². The molecule has 0 radical (unpaired) electrons. The van der Waals surface area contributed by atoms with E-state index in [-0.39, 0.29) is 5.56 Å². The molecule has 0 aliphatic carbocycles. The highest BCUT2D eigenvalue weighted by molar-refractivity contribution is 6.01. The molecule has 0 amide bonds. The molecule has 4 nitrogen and oxygen atoms in total. The van der Waals surface area contributed by atoms with Gasteiger partial charge >= 0.3 is 5.97 Å². The van der Waals surface area contributed by atoms with Gasteiger partial charge in [-0.1, -0.05) is 31.5 Å². The summed E-state index contributed by atoms with van der Waals surface area (Å²) in [5, 5.41) is 9.21. The number of benzene rings is 2. The van der Waals surface area contributed by atoms with Crippen LogP contribution in [0.2, 0.25) is 0 Å². The van der Waals surface area contributed by atoms with Crippen LogP contribution in [0, 0.1) is 0 Å². The van der Waals surface area contributed by atoms with Crippen LogP contribution in [0.4, 0.5) is 0 Å². The Bertz CT molecular complexity index is 788. The Labute approximate surface area is 122 Å². The summed E-state index contributed by atoms with van der Waals surface area (Å²) < 4.78 is 1.91. The molecule has 2 aromatic carbocycles. The SMILES string of the molecule is CCCc1ccc(-n2cnc3c(C(=O)O)cccc32)cc1. The quantitative estimate of drug-likeness (QED) is 0.793. The standard InChI is InChI=1S/C17H16N2O2/c1-2-4-12-7-9-13(10-8-12)19-11-18-16-14(17(20)21)5-3-6-15(16)19/h3,5-11H,2,4H2,1H3,(H,20,21). The van der Waals surface area contributed by atoms with E-state index < -0.39 is 5.97 Å². The molecule has 0 spiro atoms. The van der Waals surface area contributed by atoms with Gasteiger partial charge in [0.25, 0.3) is 0 Å². The monoisotopic (exact) mass is 280 g/mol. The average molecular weight is 280 g/mol. The summed E-state index contributed by atoms with van der Waals surface area (Å²) in [4.78, 5) is 15.5. The van der Waals surface area contributed by atoms with Crippen LogP contribution in [-0.4, -0.2) is 20.6 Å². The molecule has 1 aromatic heterocycles. The molecule has 0 unspecified atom stereocenters. The van der Waals surface area contributed by atoms with Gasteiger partial charge in [-0.25, -0.2) is 9.78 Å². The number of fused-ring (bicyclic) bond motifs is 1. The molecule has 0 fully saturated rings. The van der Waals surface area contributed by atoms with Crippen molar-refractivity contribution < 1.29 is 9.90 Å². The van der Waals surface area contributed by atoms with Gasteiger partial charge in [0.05, 0.1) is 11.1 Å². The molecular formula is C17H16N2O2. The van der Waals surface area contributed by atoms with Gasteiger partial charge in [-0.3, -0.25) is 4.57 Å². The molecule has 0 bridgehead atoms. The number of carbonyl (C=O) groups is 1. The lowest BCUT2D eigenvalue weighted by Crippen LogP contribution is -1.98. The summed E-state index contributed by atoms with van der Waals surface area (Å²) in [5.74, 6) is -0.954. The number of imidazole rings is 1. The lowest BCUT2D eigenvalue weighted by molar-refractivity contribution is 0.0699. The van der Waals surface area contributed by atoms with Crippen LogP contribution in [0.5, 0.6) is 0 Å². The summed E-state index contributed by atoms with van der Waals surface area (Å²) in [6, 6.07) is 13.5. The molecule has 4 heteroatoms. The first-order chi connectivity index (χ1) is 10.2. The van der Waals surface area contributed by atoms with Crippen molar-refractivity contribution in [2.75, 3.05) is 0 Å². The minimum atomic E-state index is -0.954. The predicted octanol–water partition coefficient (Wildman–Crippen LogP) is 3.68. The molecule has 0 saturated heterocycles. The first-order valence-corrected chi connectivity index (χ1v) is 6.99. The molecule has 3 aromatic rings. The van der Waals surface area contributed by atoms with E-state index in [1.54, 1.807) is 18.5 Å².